The zero-order valence-corrected chi connectivity index (χ0v) is 23.9. The Morgan fingerprint density at radius 3 is 1.35 bits per heavy atom. The quantitative estimate of drug-likeness (QED) is 0.247. The summed E-state index contributed by atoms with van der Waals surface area (Å²) in [5.74, 6) is 1.68. The average Bonchev–Trinajstić information content (AvgIpc) is 2.92. The minimum Gasteiger partial charge on any atom is -0.244 e. The lowest BCUT2D eigenvalue weighted by atomic mass is 9.65. The van der Waals surface area contributed by atoms with E-state index in [4.69, 9.17) is 0 Å². The van der Waals surface area contributed by atoms with Gasteiger partial charge in [-0.2, -0.15) is 0 Å². The van der Waals surface area contributed by atoms with Crippen molar-refractivity contribution in [2.75, 3.05) is 0 Å². The van der Waals surface area contributed by atoms with E-state index in [1.54, 1.807) is 0 Å². The molecular weight excluding hydrogens is 472 g/mol. The summed E-state index contributed by atoms with van der Waals surface area (Å²) in [5.41, 5.74) is 0. The van der Waals surface area contributed by atoms with Crippen molar-refractivity contribution in [3.8, 4) is 0 Å². The first-order valence-electron chi connectivity index (χ1n) is 16.5. The van der Waals surface area contributed by atoms with E-state index in [1.807, 2.05) is 0 Å². The fourth-order valence-electron chi connectivity index (χ4n) is 9.18. The van der Waals surface area contributed by atoms with Gasteiger partial charge in [-0.25, -0.2) is 17.6 Å². The SMILES string of the molecule is CCCCC1CCC(C2CCC(CCC3CCC(C4CCC(CCC)CC4)C(F)C3F)CC2)C(F)[C@H]1F. The maximum absolute atomic E-state index is 15.3. The van der Waals surface area contributed by atoms with E-state index in [-0.39, 0.29) is 23.7 Å². The van der Waals surface area contributed by atoms with Crippen LogP contribution in [-0.2, 0) is 0 Å². The highest BCUT2D eigenvalue weighted by molar-refractivity contribution is 4.94. The van der Waals surface area contributed by atoms with E-state index >= 15 is 13.2 Å². The summed E-state index contributed by atoms with van der Waals surface area (Å²) in [6.45, 7) is 4.35. The lowest BCUT2D eigenvalue weighted by Gasteiger charge is -2.42. The first kappa shape index (κ1) is 29.7. The van der Waals surface area contributed by atoms with Crippen molar-refractivity contribution in [3.05, 3.63) is 0 Å². The number of hydrogen-bond acceptors (Lipinski definition) is 0. The van der Waals surface area contributed by atoms with Gasteiger partial charge in [-0.15, -0.1) is 0 Å². The molecule has 4 fully saturated rings. The van der Waals surface area contributed by atoms with Gasteiger partial charge in [-0.3, -0.25) is 0 Å². The van der Waals surface area contributed by atoms with Gasteiger partial charge in [0.15, 0.2) is 0 Å². The molecule has 4 aliphatic rings. The number of alkyl halides is 4. The monoisotopic (exact) mass is 528 g/mol. The molecule has 216 valence electrons. The van der Waals surface area contributed by atoms with Gasteiger partial charge in [0.1, 0.15) is 24.7 Å². The van der Waals surface area contributed by atoms with Crippen LogP contribution in [0.4, 0.5) is 17.6 Å². The number of halogens is 4. The predicted octanol–water partition coefficient (Wildman–Crippen LogP) is 10.8. The second-order valence-electron chi connectivity index (χ2n) is 13.9. The van der Waals surface area contributed by atoms with Gasteiger partial charge < -0.3 is 0 Å². The molecule has 0 amide bonds. The van der Waals surface area contributed by atoms with Gasteiger partial charge in [-0.1, -0.05) is 71.6 Å². The molecule has 4 saturated carbocycles. The Kier molecular flexibility index (Phi) is 11.5. The molecule has 4 aliphatic carbocycles. The maximum Gasteiger partial charge on any atom is 0.134 e. The molecule has 0 saturated heterocycles. The van der Waals surface area contributed by atoms with E-state index in [0.29, 0.717) is 17.8 Å². The number of rotatable bonds is 10. The molecule has 0 aromatic heterocycles. The topological polar surface area (TPSA) is 0 Å². The summed E-state index contributed by atoms with van der Waals surface area (Å²) >= 11 is 0. The molecule has 0 N–H and O–H groups in total. The molecule has 0 heterocycles. The summed E-state index contributed by atoms with van der Waals surface area (Å²) in [6, 6.07) is 0. The van der Waals surface area contributed by atoms with Crippen molar-refractivity contribution in [3.63, 3.8) is 0 Å². The van der Waals surface area contributed by atoms with Crippen LogP contribution in [0.2, 0.25) is 0 Å². The van der Waals surface area contributed by atoms with E-state index < -0.39 is 24.7 Å². The van der Waals surface area contributed by atoms with E-state index in [0.717, 1.165) is 102 Å². The molecule has 0 nitrogen and oxygen atoms in total. The molecule has 4 heteroatoms. The van der Waals surface area contributed by atoms with Crippen LogP contribution < -0.4 is 0 Å². The number of unbranched alkanes of at least 4 members (excludes halogenated alkanes) is 1. The zero-order chi connectivity index (χ0) is 26.4. The van der Waals surface area contributed by atoms with Gasteiger partial charge in [0.25, 0.3) is 0 Å². The summed E-state index contributed by atoms with van der Waals surface area (Å²) in [7, 11) is 0. The first-order chi connectivity index (χ1) is 17.9. The standard InChI is InChI=1S/C33H56F4/c1-3-5-7-26-18-20-28(32(36)30(26)34)25-15-10-23(11-16-25)12-17-27-19-21-29(33(37)31(27)35)24-13-8-22(6-4-2)9-14-24/h22-33H,3-21H2,1-2H3/t22?,23?,24?,25?,26?,27?,28?,29?,30-,31?,32?,33?/m0/s1. The summed E-state index contributed by atoms with van der Waals surface area (Å²) in [6.07, 6.45) is 14.1. The third-order valence-electron chi connectivity index (χ3n) is 11.6. The van der Waals surface area contributed by atoms with Gasteiger partial charge in [-0.05, 0) is 112 Å². The van der Waals surface area contributed by atoms with Crippen molar-refractivity contribution in [2.45, 2.75) is 161 Å². The van der Waals surface area contributed by atoms with E-state index in [1.165, 1.54) is 25.7 Å². The van der Waals surface area contributed by atoms with Crippen LogP contribution in [0.5, 0.6) is 0 Å². The van der Waals surface area contributed by atoms with Crippen LogP contribution >= 0.6 is 0 Å². The lowest BCUT2D eigenvalue weighted by Crippen LogP contribution is -2.42. The molecule has 8 atom stereocenters. The summed E-state index contributed by atoms with van der Waals surface area (Å²) in [4.78, 5) is 0. The van der Waals surface area contributed by atoms with Crippen LogP contribution in [-0.4, -0.2) is 24.7 Å². The Bertz CT molecular complexity index is 638. The van der Waals surface area contributed by atoms with Crippen molar-refractivity contribution in [1.29, 1.82) is 0 Å². The Hall–Kier alpha value is -0.280. The predicted molar refractivity (Wildman–Crippen MR) is 147 cm³/mol. The fourth-order valence-corrected chi connectivity index (χ4v) is 9.18. The van der Waals surface area contributed by atoms with Crippen molar-refractivity contribution < 1.29 is 17.6 Å². The lowest BCUT2D eigenvalue weighted by molar-refractivity contribution is -0.0205. The van der Waals surface area contributed by atoms with Crippen molar-refractivity contribution >= 4 is 0 Å². The third kappa shape index (κ3) is 7.47. The molecule has 37 heavy (non-hydrogen) atoms. The molecule has 0 radical (unpaired) electrons. The second kappa shape index (κ2) is 14.4. The molecule has 0 aromatic rings. The Morgan fingerprint density at radius 2 is 0.892 bits per heavy atom. The van der Waals surface area contributed by atoms with E-state index in [9.17, 15) is 4.39 Å². The molecule has 4 rings (SSSR count). The van der Waals surface area contributed by atoms with Crippen LogP contribution in [0.3, 0.4) is 0 Å². The fraction of sp³-hybridized carbons (Fsp3) is 1.00. The normalized spacial score (nSPS) is 45.6. The van der Waals surface area contributed by atoms with Crippen molar-refractivity contribution in [1.82, 2.24) is 0 Å². The van der Waals surface area contributed by atoms with Crippen LogP contribution in [0.1, 0.15) is 136 Å². The summed E-state index contributed by atoms with van der Waals surface area (Å²) in [5, 5.41) is 0. The molecule has 0 spiro atoms. The Morgan fingerprint density at radius 1 is 0.432 bits per heavy atom. The van der Waals surface area contributed by atoms with Crippen LogP contribution in [0.15, 0.2) is 0 Å². The van der Waals surface area contributed by atoms with Crippen LogP contribution in [0, 0.1) is 47.3 Å². The molecular formula is C33H56F4. The smallest absolute Gasteiger partial charge is 0.134 e. The first-order valence-corrected chi connectivity index (χ1v) is 16.5. The molecule has 7 unspecified atom stereocenters. The van der Waals surface area contributed by atoms with Gasteiger partial charge >= 0.3 is 0 Å². The van der Waals surface area contributed by atoms with Crippen molar-refractivity contribution in [2.24, 2.45) is 47.3 Å². The Labute approximate surface area is 225 Å². The second-order valence-corrected chi connectivity index (χ2v) is 13.9. The zero-order valence-electron chi connectivity index (χ0n) is 23.9. The summed E-state index contributed by atoms with van der Waals surface area (Å²) < 4.78 is 60.3. The highest BCUT2D eigenvalue weighted by Crippen LogP contribution is 2.48. The minimum atomic E-state index is -1.29. The molecule has 0 bridgehead atoms. The molecule has 0 aliphatic heterocycles. The van der Waals surface area contributed by atoms with E-state index in [2.05, 4.69) is 13.8 Å². The maximum atomic E-state index is 15.3. The largest absolute Gasteiger partial charge is 0.244 e. The van der Waals surface area contributed by atoms with Gasteiger partial charge in [0.2, 0.25) is 0 Å². The minimum absolute atomic E-state index is 0.0608. The third-order valence-corrected chi connectivity index (χ3v) is 11.6. The number of hydrogen-bond donors (Lipinski definition) is 0. The molecule has 0 aromatic carbocycles. The van der Waals surface area contributed by atoms with Gasteiger partial charge in [0.05, 0.1) is 0 Å². The van der Waals surface area contributed by atoms with Crippen LogP contribution in [0.25, 0.3) is 0 Å². The highest BCUT2D eigenvalue weighted by atomic mass is 19.2. The van der Waals surface area contributed by atoms with Gasteiger partial charge in [0, 0.05) is 0 Å². The highest BCUT2D eigenvalue weighted by Gasteiger charge is 2.45. The average molecular weight is 529 g/mol. The Balaban J connectivity index is 1.16.